The zero-order chi connectivity index (χ0) is 20.2. The number of hydrogen-bond donors (Lipinski definition) is 2. The smallest absolute Gasteiger partial charge is 0.243 e. The van der Waals surface area contributed by atoms with Gasteiger partial charge in [-0.25, -0.2) is 9.97 Å². The minimum Gasteiger partial charge on any atom is -0.360 e. The Kier molecular flexibility index (Phi) is 5.16. The Balaban J connectivity index is 1.59. The molecule has 0 atom stereocenters. The van der Waals surface area contributed by atoms with Crippen molar-refractivity contribution in [1.29, 1.82) is 0 Å². The first-order valence-electron chi connectivity index (χ1n) is 9.39. The largest absolute Gasteiger partial charge is 0.360 e. The lowest BCUT2D eigenvalue weighted by Crippen LogP contribution is -2.23. The number of nitrogens with zero attached hydrogens (tertiary/aromatic N) is 3. The summed E-state index contributed by atoms with van der Waals surface area (Å²) < 4.78 is 0. The van der Waals surface area contributed by atoms with E-state index in [1.807, 2.05) is 68.4 Å². The molecule has 0 fully saturated rings. The Bertz CT molecular complexity index is 1150. The molecule has 0 unspecified atom stereocenters. The average molecular weight is 383 g/mol. The number of pyridine rings is 1. The van der Waals surface area contributed by atoms with Gasteiger partial charge in [-0.2, -0.15) is 0 Å². The molecule has 0 saturated carbocycles. The van der Waals surface area contributed by atoms with Crippen LogP contribution in [0.5, 0.6) is 0 Å². The third kappa shape index (κ3) is 4.06. The minimum atomic E-state index is -0.131. The number of fused-ring (bicyclic) bond motifs is 1. The lowest BCUT2D eigenvalue weighted by molar-refractivity contribution is -0.114. The van der Waals surface area contributed by atoms with E-state index in [1.54, 1.807) is 12.4 Å². The number of para-hydroxylation sites is 2. The Hall–Kier alpha value is -3.80. The van der Waals surface area contributed by atoms with Crippen LogP contribution in [-0.4, -0.2) is 27.4 Å². The number of rotatable bonds is 5. The Morgan fingerprint density at radius 1 is 0.931 bits per heavy atom. The second-order valence-electron chi connectivity index (χ2n) is 6.82. The van der Waals surface area contributed by atoms with E-state index in [4.69, 9.17) is 0 Å². The highest BCUT2D eigenvalue weighted by molar-refractivity contribution is 5.97. The second kappa shape index (κ2) is 8.06. The van der Waals surface area contributed by atoms with Crippen LogP contribution in [0, 0.1) is 13.8 Å². The van der Waals surface area contributed by atoms with E-state index < -0.39 is 0 Å². The van der Waals surface area contributed by atoms with Gasteiger partial charge in [-0.1, -0.05) is 30.3 Å². The van der Waals surface area contributed by atoms with Crippen LogP contribution in [0.4, 0.5) is 11.5 Å². The predicted octanol–water partition coefficient (Wildman–Crippen LogP) is 4.36. The van der Waals surface area contributed by atoms with Crippen LogP contribution < -0.4 is 10.6 Å². The molecule has 0 radical (unpaired) electrons. The molecule has 2 aromatic heterocycles. The van der Waals surface area contributed by atoms with Gasteiger partial charge in [-0.15, -0.1) is 0 Å². The molecular weight excluding hydrogens is 362 g/mol. The van der Waals surface area contributed by atoms with Crippen LogP contribution in [0.2, 0.25) is 0 Å². The third-order valence-electron chi connectivity index (χ3n) is 4.68. The summed E-state index contributed by atoms with van der Waals surface area (Å²) >= 11 is 0. The van der Waals surface area contributed by atoms with Crippen LogP contribution in [0.1, 0.15) is 11.1 Å². The summed E-state index contributed by atoms with van der Waals surface area (Å²) in [6.45, 7) is 4.06. The summed E-state index contributed by atoms with van der Waals surface area (Å²) in [7, 11) is 0. The van der Waals surface area contributed by atoms with Crippen molar-refractivity contribution < 1.29 is 4.79 Å². The summed E-state index contributed by atoms with van der Waals surface area (Å²) in [4.78, 5) is 26.0. The van der Waals surface area contributed by atoms with Crippen molar-refractivity contribution in [2.45, 2.75) is 13.8 Å². The van der Waals surface area contributed by atoms with Gasteiger partial charge in [-0.3, -0.25) is 9.78 Å². The number of amides is 1. The maximum absolute atomic E-state index is 12.6. The molecular formula is C23H21N5O. The molecule has 0 aliphatic rings. The average Bonchev–Trinajstić information content (AvgIpc) is 2.75. The zero-order valence-corrected chi connectivity index (χ0v) is 16.3. The maximum Gasteiger partial charge on any atom is 0.243 e. The highest BCUT2D eigenvalue weighted by atomic mass is 16.1. The molecule has 1 amide bonds. The fraction of sp³-hybridized carbons (Fsp3) is 0.130. The van der Waals surface area contributed by atoms with E-state index in [9.17, 15) is 4.79 Å². The summed E-state index contributed by atoms with van der Waals surface area (Å²) in [5, 5.41) is 7.02. The molecule has 6 nitrogen and oxygen atoms in total. The quantitative estimate of drug-likeness (QED) is 0.535. The Morgan fingerprint density at radius 3 is 2.48 bits per heavy atom. The van der Waals surface area contributed by atoms with E-state index >= 15 is 0 Å². The van der Waals surface area contributed by atoms with Gasteiger partial charge in [0.25, 0.3) is 0 Å². The van der Waals surface area contributed by atoms with E-state index in [1.165, 1.54) is 0 Å². The summed E-state index contributed by atoms with van der Waals surface area (Å²) in [5.74, 6) is 1.05. The number of aromatic nitrogens is 3. The van der Waals surface area contributed by atoms with E-state index in [-0.39, 0.29) is 12.5 Å². The standard InChI is InChI=1S/C23H21N5O/c1-15-7-5-8-16(2)21(15)27-20(29)14-25-23-18-10-3-4-11-19(18)26-22(28-23)17-9-6-12-24-13-17/h3-13H,14H2,1-2H3,(H,27,29)(H,25,26,28). The van der Waals surface area contributed by atoms with Gasteiger partial charge >= 0.3 is 0 Å². The van der Waals surface area contributed by atoms with Gasteiger partial charge < -0.3 is 10.6 Å². The van der Waals surface area contributed by atoms with Crippen molar-refractivity contribution in [1.82, 2.24) is 15.0 Å². The highest BCUT2D eigenvalue weighted by Gasteiger charge is 2.12. The van der Waals surface area contributed by atoms with Gasteiger partial charge in [0.2, 0.25) is 5.91 Å². The topological polar surface area (TPSA) is 79.8 Å². The first-order chi connectivity index (χ1) is 14.1. The fourth-order valence-corrected chi connectivity index (χ4v) is 3.19. The van der Waals surface area contributed by atoms with Gasteiger partial charge in [0, 0.05) is 29.0 Å². The molecule has 0 aliphatic heterocycles. The van der Waals surface area contributed by atoms with Crippen LogP contribution in [0.15, 0.2) is 67.0 Å². The van der Waals surface area contributed by atoms with E-state index in [0.717, 1.165) is 33.3 Å². The lowest BCUT2D eigenvalue weighted by Gasteiger charge is -2.13. The van der Waals surface area contributed by atoms with Crippen molar-refractivity contribution in [2.24, 2.45) is 0 Å². The number of aryl methyl sites for hydroxylation is 2. The molecule has 0 saturated heterocycles. The van der Waals surface area contributed by atoms with Gasteiger partial charge in [0.15, 0.2) is 5.82 Å². The summed E-state index contributed by atoms with van der Waals surface area (Å²) in [6, 6.07) is 17.4. The molecule has 2 N–H and O–H groups in total. The van der Waals surface area contributed by atoms with Crippen LogP contribution in [0.3, 0.4) is 0 Å². The molecule has 0 aliphatic carbocycles. The number of anilines is 2. The monoisotopic (exact) mass is 383 g/mol. The number of nitrogens with one attached hydrogen (secondary N) is 2. The van der Waals surface area contributed by atoms with Crippen molar-refractivity contribution in [3.05, 3.63) is 78.1 Å². The number of carbonyl (C=O) groups is 1. The maximum atomic E-state index is 12.6. The third-order valence-corrected chi connectivity index (χ3v) is 4.68. The first-order valence-corrected chi connectivity index (χ1v) is 9.39. The van der Waals surface area contributed by atoms with Crippen molar-refractivity contribution >= 4 is 28.3 Å². The number of carbonyl (C=O) groups excluding carboxylic acids is 1. The normalized spacial score (nSPS) is 10.7. The van der Waals surface area contributed by atoms with Crippen molar-refractivity contribution in [2.75, 3.05) is 17.2 Å². The number of hydrogen-bond acceptors (Lipinski definition) is 5. The van der Waals surface area contributed by atoms with Gasteiger partial charge in [0.05, 0.1) is 12.1 Å². The predicted molar refractivity (Wildman–Crippen MR) is 116 cm³/mol. The molecule has 0 spiro atoms. The number of benzene rings is 2. The van der Waals surface area contributed by atoms with Crippen LogP contribution in [0.25, 0.3) is 22.3 Å². The van der Waals surface area contributed by atoms with Crippen LogP contribution >= 0.6 is 0 Å². The first kappa shape index (κ1) is 18.6. The summed E-state index contributed by atoms with van der Waals surface area (Å²) in [6.07, 6.45) is 3.43. The minimum absolute atomic E-state index is 0.0985. The molecule has 4 rings (SSSR count). The SMILES string of the molecule is Cc1cccc(C)c1NC(=O)CNc1nc(-c2cccnc2)nc2ccccc12. The van der Waals surface area contributed by atoms with Crippen molar-refractivity contribution in [3.8, 4) is 11.4 Å². The van der Waals surface area contributed by atoms with E-state index in [2.05, 4.69) is 25.6 Å². The molecule has 4 aromatic rings. The van der Waals surface area contributed by atoms with E-state index in [0.29, 0.717) is 11.6 Å². The molecule has 6 heteroatoms. The second-order valence-corrected chi connectivity index (χ2v) is 6.82. The zero-order valence-electron chi connectivity index (χ0n) is 16.3. The van der Waals surface area contributed by atoms with Crippen LogP contribution in [-0.2, 0) is 4.79 Å². The fourth-order valence-electron chi connectivity index (χ4n) is 3.19. The molecule has 29 heavy (non-hydrogen) atoms. The molecule has 0 bridgehead atoms. The van der Waals surface area contributed by atoms with Gasteiger partial charge in [0.1, 0.15) is 5.82 Å². The lowest BCUT2D eigenvalue weighted by atomic mass is 10.1. The summed E-state index contributed by atoms with van der Waals surface area (Å²) in [5.41, 5.74) is 4.54. The molecule has 2 heterocycles. The molecule has 2 aromatic carbocycles. The molecule has 144 valence electrons. The Morgan fingerprint density at radius 2 is 1.72 bits per heavy atom. The highest BCUT2D eigenvalue weighted by Crippen LogP contribution is 2.24. The van der Waals surface area contributed by atoms with Gasteiger partial charge in [-0.05, 0) is 49.2 Å². The van der Waals surface area contributed by atoms with Crippen molar-refractivity contribution in [3.63, 3.8) is 0 Å². The Labute approximate surface area is 169 Å².